The van der Waals surface area contributed by atoms with E-state index >= 15 is 0 Å². The van der Waals surface area contributed by atoms with Crippen LogP contribution in [0.15, 0.2) is 18.2 Å². The molecule has 1 saturated heterocycles. The van der Waals surface area contributed by atoms with Crippen molar-refractivity contribution in [3.63, 3.8) is 0 Å². The standard InChI is InChI=1S/C18H26O3/c19-16(7-8-17-3-1-2-11-20-17)6-4-14-5-9-18-15(13-14)10-12-21-18/h5,9,13,16-17,19H,1-4,6-8,10-12H2. The molecule has 3 rings (SSSR count). The average Bonchev–Trinajstić information content (AvgIpc) is 2.99. The van der Waals surface area contributed by atoms with E-state index in [4.69, 9.17) is 9.47 Å². The first-order valence-corrected chi connectivity index (χ1v) is 8.35. The maximum atomic E-state index is 10.2. The van der Waals surface area contributed by atoms with Crippen LogP contribution in [0.2, 0.25) is 0 Å². The van der Waals surface area contributed by atoms with Crippen molar-refractivity contribution in [2.45, 2.75) is 63.6 Å². The molecule has 0 amide bonds. The Balaban J connectivity index is 1.40. The molecule has 21 heavy (non-hydrogen) atoms. The third-order valence-corrected chi connectivity index (χ3v) is 4.62. The summed E-state index contributed by atoms with van der Waals surface area (Å²) >= 11 is 0. The van der Waals surface area contributed by atoms with Gasteiger partial charge in [-0.05, 0) is 62.1 Å². The molecule has 0 bridgehead atoms. The largest absolute Gasteiger partial charge is 0.493 e. The van der Waals surface area contributed by atoms with E-state index in [1.807, 2.05) is 0 Å². The van der Waals surface area contributed by atoms with E-state index in [-0.39, 0.29) is 6.10 Å². The summed E-state index contributed by atoms with van der Waals surface area (Å²) in [4.78, 5) is 0. The Morgan fingerprint density at radius 3 is 3.00 bits per heavy atom. The van der Waals surface area contributed by atoms with Crippen molar-refractivity contribution >= 4 is 0 Å². The molecule has 1 aromatic carbocycles. The van der Waals surface area contributed by atoms with Crippen LogP contribution in [0.5, 0.6) is 5.75 Å². The third kappa shape index (κ3) is 4.21. The maximum absolute atomic E-state index is 10.2. The average molecular weight is 290 g/mol. The van der Waals surface area contributed by atoms with Gasteiger partial charge in [0.1, 0.15) is 5.75 Å². The summed E-state index contributed by atoms with van der Waals surface area (Å²) in [5, 5.41) is 10.2. The molecule has 116 valence electrons. The molecule has 3 heteroatoms. The number of ether oxygens (including phenoxy) is 2. The summed E-state index contributed by atoms with van der Waals surface area (Å²) < 4.78 is 11.2. The fourth-order valence-corrected chi connectivity index (χ4v) is 3.29. The van der Waals surface area contributed by atoms with E-state index in [2.05, 4.69) is 18.2 Å². The molecular weight excluding hydrogens is 264 g/mol. The Labute approximate surface area is 127 Å². The molecule has 1 fully saturated rings. The van der Waals surface area contributed by atoms with Crippen molar-refractivity contribution in [3.8, 4) is 5.75 Å². The number of aliphatic hydroxyl groups excluding tert-OH is 1. The first-order chi connectivity index (χ1) is 10.3. The Morgan fingerprint density at radius 1 is 1.19 bits per heavy atom. The third-order valence-electron chi connectivity index (χ3n) is 4.62. The van der Waals surface area contributed by atoms with Gasteiger partial charge in [-0.15, -0.1) is 0 Å². The summed E-state index contributed by atoms with van der Waals surface area (Å²) in [6.07, 6.45) is 8.47. The quantitative estimate of drug-likeness (QED) is 0.874. The zero-order valence-corrected chi connectivity index (χ0v) is 12.7. The number of hydrogen-bond donors (Lipinski definition) is 1. The normalized spacial score (nSPS) is 22.6. The van der Waals surface area contributed by atoms with Gasteiger partial charge in [-0.25, -0.2) is 0 Å². The lowest BCUT2D eigenvalue weighted by molar-refractivity contribution is 0.00178. The van der Waals surface area contributed by atoms with Crippen LogP contribution in [0.4, 0.5) is 0 Å². The summed E-state index contributed by atoms with van der Waals surface area (Å²) in [6.45, 7) is 1.71. The predicted molar refractivity (Wildman–Crippen MR) is 82.8 cm³/mol. The minimum atomic E-state index is -0.208. The lowest BCUT2D eigenvalue weighted by atomic mass is 9.98. The van der Waals surface area contributed by atoms with Gasteiger partial charge in [0.05, 0.1) is 18.8 Å². The molecule has 2 heterocycles. The van der Waals surface area contributed by atoms with Crippen molar-refractivity contribution in [1.82, 2.24) is 0 Å². The fraction of sp³-hybridized carbons (Fsp3) is 0.667. The van der Waals surface area contributed by atoms with E-state index in [1.54, 1.807) is 0 Å². The zero-order chi connectivity index (χ0) is 14.5. The minimum absolute atomic E-state index is 0.208. The summed E-state index contributed by atoms with van der Waals surface area (Å²) in [5.74, 6) is 1.04. The van der Waals surface area contributed by atoms with Gasteiger partial charge in [0.15, 0.2) is 0 Å². The van der Waals surface area contributed by atoms with Crippen LogP contribution in [-0.2, 0) is 17.6 Å². The summed E-state index contributed by atoms with van der Waals surface area (Å²) in [6, 6.07) is 6.43. The highest BCUT2D eigenvalue weighted by molar-refractivity contribution is 5.39. The molecule has 3 nitrogen and oxygen atoms in total. The molecule has 2 atom stereocenters. The van der Waals surface area contributed by atoms with Gasteiger partial charge in [-0.2, -0.15) is 0 Å². The van der Waals surface area contributed by atoms with Gasteiger partial charge in [-0.3, -0.25) is 0 Å². The molecule has 2 unspecified atom stereocenters. The van der Waals surface area contributed by atoms with Crippen molar-refractivity contribution < 1.29 is 14.6 Å². The molecule has 2 aliphatic rings. The van der Waals surface area contributed by atoms with Gasteiger partial charge >= 0.3 is 0 Å². The molecule has 1 aromatic rings. The van der Waals surface area contributed by atoms with E-state index in [0.717, 1.165) is 57.5 Å². The summed E-state index contributed by atoms with van der Waals surface area (Å²) in [5.41, 5.74) is 2.63. The highest BCUT2D eigenvalue weighted by atomic mass is 16.5. The highest BCUT2D eigenvalue weighted by Crippen LogP contribution is 2.26. The SMILES string of the molecule is OC(CCc1ccc2c(c1)CCO2)CCC1CCCCO1. The number of aryl methyl sites for hydroxylation is 1. The van der Waals surface area contributed by atoms with Crippen LogP contribution < -0.4 is 4.74 Å². The van der Waals surface area contributed by atoms with E-state index in [9.17, 15) is 5.11 Å². The van der Waals surface area contributed by atoms with Gasteiger partial charge in [-0.1, -0.05) is 12.1 Å². The molecule has 0 aliphatic carbocycles. The second-order valence-corrected chi connectivity index (χ2v) is 6.30. The van der Waals surface area contributed by atoms with Crippen LogP contribution in [0.3, 0.4) is 0 Å². The predicted octanol–water partition coefficient (Wildman–Crippen LogP) is 3.26. The number of aliphatic hydroxyl groups is 1. The monoisotopic (exact) mass is 290 g/mol. The van der Waals surface area contributed by atoms with Crippen molar-refractivity contribution in [1.29, 1.82) is 0 Å². The number of rotatable bonds is 6. The van der Waals surface area contributed by atoms with Crippen LogP contribution in [-0.4, -0.2) is 30.5 Å². The Hall–Kier alpha value is -1.06. The Kier molecular flexibility index (Phi) is 5.15. The van der Waals surface area contributed by atoms with Gasteiger partial charge in [0, 0.05) is 13.0 Å². The van der Waals surface area contributed by atoms with Gasteiger partial charge < -0.3 is 14.6 Å². The van der Waals surface area contributed by atoms with Crippen LogP contribution in [0.25, 0.3) is 0 Å². The summed E-state index contributed by atoms with van der Waals surface area (Å²) in [7, 11) is 0. The first-order valence-electron chi connectivity index (χ1n) is 8.35. The second kappa shape index (κ2) is 7.28. The molecule has 0 aromatic heterocycles. The number of hydrogen-bond acceptors (Lipinski definition) is 3. The highest BCUT2D eigenvalue weighted by Gasteiger charge is 2.16. The fourth-order valence-electron chi connectivity index (χ4n) is 3.29. The Bertz CT molecular complexity index is 452. The number of fused-ring (bicyclic) bond motifs is 1. The number of benzene rings is 1. The molecule has 0 spiro atoms. The second-order valence-electron chi connectivity index (χ2n) is 6.30. The van der Waals surface area contributed by atoms with E-state index < -0.39 is 0 Å². The first kappa shape index (κ1) is 14.9. The van der Waals surface area contributed by atoms with Gasteiger partial charge in [0.2, 0.25) is 0 Å². The molecule has 2 aliphatic heterocycles. The molecule has 0 saturated carbocycles. The lowest BCUT2D eigenvalue weighted by Gasteiger charge is -2.23. The Morgan fingerprint density at radius 2 is 2.14 bits per heavy atom. The zero-order valence-electron chi connectivity index (χ0n) is 12.7. The topological polar surface area (TPSA) is 38.7 Å². The minimum Gasteiger partial charge on any atom is -0.493 e. The maximum Gasteiger partial charge on any atom is 0.122 e. The van der Waals surface area contributed by atoms with Crippen molar-refractivity contribution in [2.75, 3.05) is 13.2 Å². The van der Waals surface area contributed by atoms with Crippen LogP contribution in [0, 0.1) is 0 Å². The molecule has 0 radical (unpaired) electrons. The van der Waals surface area contributed by atoms with Crippen molar-refractivity contribution in [2.24, 2.45) is 0 Å². The smallest absolute Gasteiger partial charge is 0.122 e. The molecule has 1 N–H and O–H groups in total. The van der Waals surface area contributed by atoms with E-state index in [1.165, 1.54) is 24.0 Å². The van der Waals surface area contributed by atoms with Crippen LogP contribution >= 0.6 is 0 Å². The lowest BCUT2D eigenvalue weighted by Crippen LogP contribution is -2.21. The van der Waals surface area contributed by atoms with E-state index in [0.29, 0.717) is 6.10 Å². The van der Waals surface area contributed by atoms with Crippen molar-refractivity contribution in [3.05, 3.63) is 29.3 Å². The molecular formula is C18H26O3. The van der Waals surface area contributed by atoms with Crippen LogP contribution in [0.1, 0.15) is 49.7 Å². The van der Waals surface area contributed by atoms with Gasteiger partial charge in [0.25, 0.3) is 0 Å².